The van der Waals surface area contributed by atoms with E-state index in [0.29, 0.717) is 11.0 Å². The molecule has 1 aromatic carbocycles. The molecule has 2 aliphatic rings. The second-order valence-electron chi connectivity index (χ2n) is 5.32. The van der Waals surface area contributed by atoms with Crippen LogP contribution in [-0.2, 0) is 9.36 Å². The molecular weight excluding hydrogens is 577 g/mol. The molecule has 3 rings (SSSR count). The summed E-state index contributed by atoms with van der Waals surface area (Å²) in [6.07, 6.45) is 0. The van der Waals surface area contributed by atoms with Gasteiger partial charge in [0.15, 0.2) is 0 Å². The van der Waals surface area contributed by atoms with Gasteiger partial charge in [-0.25, -0.2) is 0 Å². The summed E-state index contributed by atoms with van der Waals surface area (Å²) in [4.78, 5) is 12.3. The summed E-state index contributed by atoms with van der Waals surface area (Å²) in [5.74, 6) is 0.178. The van der Waals surface area contributed by atoms with Crippen LogP contribution in [0.3, 0.4) is 0 Å². The van der Waals surface area contributed by atoms with Crippen molar-refractivity contribution in [3.05, 3.63) is 35.6 Å². The molecule has 0 radical (unpaired) electrons. The van der Waals surface area contributed by atoms with E-state index in [9.17, 15) is 14.5 Å². The van der Waals surface area contributed by atoms with Gasteiger partial charge in [-0.2, -0.15) is 0 Å². The van der Waals surface area contributed by atoms with Crippen LogP contribution >= 0.6 is 7.29 Å². The third-order valence-electron chi connectivity index (χ3n) is 3.90. The van der Waals surface area contributed by atoms with Crippen molar-refractivity contribution in [3.63, 3.8) is 0 Å². The Morgan fingerprint density at radius 3 is 2.76 bits per heavy atom. The van der Waals surface area contributed by atoms with Crippen LogP contribution in [0.15, 0.2) is 40.4 Å². The number of aliphatic hydroxyl groups excluding tert-OH is 1. The fourth-order valence-electron chi connectivity index (χ4n) is 2.53. The van der Waals surface area contributed by atoms with E-state index in [1.165, 1.54) is 0 Å². The number of hydrogen-bond acceptors (Lipinski definition) is 4. The molecule has 0 saturated heterocycles. The Bertz CT molecular complexity index is 764. The van der Waals surface area contributed by atoms with E-state index in [2.05, 4.69) is 10.1 Å². The van der Waals surface area contributed by atoms with Crippen LogP contribution in [-0.4, -0.2) is 79.3 Å². The second-order valence-corrected chi connectivity index (χ2v) is 14.6. The summed E-state index contributed by atoms with van der Waals surface area (Å²) in [6.45, 7) is 1.58. The van der Waals surface area contributed by atoms with Crippen LogP contribution in [0.5, 0.6) is 0 Å². The van der Waals surface area contributed by atoms with Gasteiger partial charge in [0.05, 0.1) is 0 Å². The van der Waals surface area contributed by atoms with E-state index in [4.69, 9.17) is 0 Å². The molecule has 2 aliphatic heterocycles. The van der Waals surface area contributed by atoms with Crippen molar-refractivity contribution in [1.29, 1.82) is 0 Å². The molecule has 6 nitrogen and oxygen atoms in total. The van der Waals surface area contributed by atoms with Gasteiger partial charge in [0, 0.05) is 0 Å². The molecule has 21 heavy (non-hydrogen) atoms. The first-order valence-corrected chi connectivity index (χ1v) is 15.6. The summed E-state index contributed by atoms with van der Waals surface area (Å²) in [7, 11) is -2.93. The quantitative estimate of drug-likeness (QED) is 0.466. The molecule has 1 aromatic rings. The number of amidine groups is 1. The molecule has 2 atom stereocenters. The number of aliphatic hydroxyl groups is 1. The van der Waals surface area contributed by atoms with Crippen LogP contribution < -0.4 is 10.6 Å². The number of rotatable bonds is 1. The van der Waals surface area contributed by atoms with Gasteiger partial charge in [-0.1, -0.05) is 0 Å². The zero-order valence-corrected chi connectivity index (χ0v) is 26.0. The van der Waals surface area contributed by atoms with Crippen molar-refractivity contribution < 1.29 is 57.3 Å². The summed E-state index contributed by atoms with van der Waals surface area (Å²) in [5.41, 5.74) is 0.901. The number of anilines is 1. The van der Waals surface area contributed by atoms with Crippen molar-refractivity contribution in [2.45, 2.75) is 1.08 Å². The number of nitrogens with zero attached hydrogens (tertiary/aromatic N) is 2. The van der Waals surface area contributed by atoms with Crippen molar-refractivity contribution in [2.24, 2.45) is 4.76 Å². The summed E-state index contributed by atoms with van der Waals surface area (Å²) in [5, 5.41) is 14.0. The van der Waals surface area contributed by atoms with E-state index < -0.39 is 7.29 Å². The number of amides is 1. The number of para-hydroxylation sites is 1. The SMILES string of the molecule is CP1(=O)N=C(C2=C(O)[C@H]([RaH])[N]([Rb])C2=O)Nc2ccccc21. The third kappa shape index (κ3) is 2.98. The fraction of sp³-hybridized carbons (Fsp3) is 0.167. The Labute approximate surface area is 191 Å². The normalized spacial score (nSPS) is 28.3. The van der Waals surface area contributed by atoms with E-state index in [0.717, 1.165) is 0 Å². The first-order chi connectivity index (χ1) is 9.83. The molecule has 2 heterocycles. The van der Waals surface area contributed by atoms with Gasteiger partial charge in [-0.05, 0) is 0 Å². The maximum atomic E-state index is 12.8. The van der Waals surface area contributed by atoms with Crippen molar-refractivity contribution >= 4 is 86.1 Å². The van der Waals surface area contributed by atoms with Crippen LogP contribution in [0.1, 0.15) is 0 Å². The Balaban J connectivity index is 2.13. The third-order valence-corrected chi connectivity index (χ3v) is 24.5. The number of nitrogens with one attached hydrogen (secondary N) is 1. The monoisotopic (exact) mass is 587 g/mol. The molecule has 0 fully saturated rings. The predicted octanol–water partition coefficient (Wildman–Crippen LogP) is 0.389. The first-order valence-electron chi connectivity index (χ1n) is 6.58. The van der Waals surface area contributed by atoms with E-state index in [-0.39, 0.29) is 123 Å². The average molecular weight is 588 g/mol. The number of benzene rings is 1. The van der Waals surface area contributed by atoms with Gasteiger partial charge in [0.2, 0.25) is 0 Å². The summed E-state index contributed by atoms with van der Waals surface area (Å²) in [6, 6.07) is 7.23. The van der Waals surface area contributed by atoms with Crippen molar-refractivity contribution in [1.82, 2.24) is -1.36 Å². The van der Waals surface area contributed by atoms with Gasteiger partial charge in [0.1, 0.15) is 0 Å². The molecule has 0 saturated carbocycles. The molecule has 100 valence electrons. The minimum absolute atomic E-state index is 0.00885. The zero-order chi connectivity index (χ0) is 15.4. The predicted molar refractivity (Wildman–Crippen MR) is 78.1 cm³/mol. The van der Waals surface area contributed by atoms with E-state index in [1.807, 2.05) is 18.2 Å². The first kappa shape index (κ1) is 17.0. The molecule has 0 aromatic heterocycles. The summed E-state index contributed by atoms with van der Waals surface area (Å²) < 4.78 is 18.7. The van der Waals surface area contributed by atoms with Crippen LogP contribution in [0.2, 0.25) is 0 Å². The molecule has 9 heteroatoms. The van der Waals surface area contributed by atoms with Gasteiger partial charge >= 0.3 is 195 Å². The molecule has 0 spiro atoms. The maximum absolute atomic E-state index is 12.8. The second kappa shape index (κ2) is 6.25. The van der Waals surface area contributed by atoms with E-state index >= 15 is 0 Å². The standard InChI is InChI=1S/C12H10N3O3P.Ra.Rb.H/c1-19(18)9-5-3-2-4-7(9)14-11(15-19)10-8(16)6-13-12(10)17;;;/h2-6H,1H3,(H2-,13,14,15,16,17,18);;;/q-1;;+1;. The van der Waals surface area contributed by atoms with Crippen LogP contribution in [0, 0.1) is 42.8 Å². The Morgan fingerprint density at radius 2 is 2.14 bits per heavy atom. The number of hydrogen-bond donors (Lipinski definition) is 2. The Hall–Kier alpha value is 1.20. The van der Waals surface area contributed by atoms with Crippen LogP contribution in [0.25, 0.3) is 0 Å². The molecule has 1 unspecified atom stereocenters. The Morgan fingerprint density at radius 1 is 1.48 bits per heavy atom. The van der Waals surface area contributed by atoms with Gasteiger partial charge in [0.25, 0.3) is 0 Å². The number of carbonyl (C=O) groups excluding carboxylic acids is 1. The zero-order valence-electron chi connectivity index (χ0n) is 12.0. The fourth-order valence-corrected chi connectivity index (χ4v) is 7.41. The Kier molecular flexibility index (Phi) is 5.07. The number of fused-ring (bicyclic) bond motifs is 1. The van der Waals surface area contributed by atoms with Crippen LogP contribution in [0.4, 0.5) is 5.69 Å². The molecule has 0 aliphatic carbocycles. The topological polar surface area (TPSA) is 82.0 Å². The number of carbonyl (C=O) groups is 1. The summed E-state index contributed by atoms with van der Waals surface area (Å²) >= 11 is -0.0639. The average Bonchev–Trinajstić information content (AvgIpc) is 2.62. The molecule has 0 bridgehead atoms. The van der Waals surface area contributed by atoms with Crippen molar-refractivity contribution in [2.75, 3.05) is 12.0 Å². The van der Waals surface area contributed by atoms with E-state index in [1.54, 1.807) is 11.4 Å². The van der Waals surface area contributed by atoms with Crippen molar-refractivity contribution in [3.8, 4) is 0 Å². The van der Waals surface area contributed by atoms with Gasteiger partial charge in [-0.3, -0.25) is 0 Å². The molecular formula is C12H11N3O3PRaRb. The van der Waals surface area contributed by atoms with Gasteiger partial charge < -0.3 is 0 Å². The molecule has 1 amide bonds. The molecule has 2 N–H and O–H groups in total. The minimum atomic E-state index is -2.93. The van der Waals surface area contributed by atoms with Gasteiger partial charge in [-0.15, -0.1) is 0 Å².